The number of aryl methyl sites for hydroxylation is 2. The molecule has 0 aromatic carbocycles. The van der Waals surface area contributed by atoms with E-state index in [2.05, 4.69) is 171 Å². The van der Waals surface area contributed by atoms with E-state index >= 15 is 0 Å². The van der Waals surface area contributed by atoms with Gasteiger partial charge in [0.2, 0.25) is 5.24 Å². The van der Waals surface area contributed by atoms with Gasteiger partial charge < -0.3 is 40.7 Å². The van der Waals surface area contributed by atoms with E-state index in [4.69, 9.17) is 21.1 Å². The molecule has 0 spiro atoms. The average molecular weight is 1750 g/mol. The van der Waals surface area contributed by atoms with Gasteiger partial charge in [0.15, 0.2) is 22.4 Å². The summed E-state index contributed by atoms with van der Waals surface area (Å²) in [6, 6.07) is 14.2. The maximum Gasteiger partial charge on any atom is 0.268 e. The van der Waals surface area contributed by atoms with Gasteiger partial charge in [-0.3, -0.25) is 48.1 Å². The molecule has 0 unspecified atom stereocenters. The third kappa shape index (κ3) is 60.8. The van der Waals surface area contributed by atoms with Crippen LogP contribution in [0.4, 0.5) is 0 Å². The number of ketones is 4. The summed E-state index contributed by atoms with van der Waals surface area (Å²) in [7, 11) is 2.97. The van der Waals surface area contributed by atoms with E-state index in [9.17, 15) is 43.2 Å². The summed E-state index contributed by atoms with van der Waals surface area (Å²) in [6.45, 7) is 46.4. The lowest BCUT2D eigenvalue weighted by Crippen LogP contribution is -2.17. The molecule has 6 aromatic rings. The summed E-state index contributed by atoms with van der Waals surface area (Å²) in [5.41, 5.74) is 5.62. The van der Waals surface area contributed by atoms with Gasteiger partial charge in [0.1, 0.15) is 33.1 Å². The number of rotatable bonds is 10. The molecule has 0 amide bonds. The molecular formula is C73H114Br4ClN6O14PS2. The number of carbonyl (C=O) groups is 5. The Morgan fingerprint density at radius 1 is 0.683 bits per heavy atom. The fraction of sp³-hybridized carbons (Fsp3) is 0.493. The Bertz CT molecular complexity index is 3560. The summed E-state index contributed by atoms with van der Waals surface area (Å²) in [4.78, 5) is 96.7. The number of aliphatic hydroxyl groups is 2. The molecule has 6 rings (SSSR count). The van der Waals surface area contributed by atoms with Crippen LogP contribution in [0.25, 0.3) is 10.4 Å². The van der Waals surface area contributed by atoms with Crippen LogP contribution in [0.5, 0.6) is 0 Å². The number of hydrogen-bond donors (Lipinski definition) is 4. The number of halogens is 5. The van der Waals surface area contributed by atoms with Crippen molar-refractivity contribution in [3.8, 4) is 10.4 Å². The van der Waals surface area contributed by atoms with Crippen molar-refractivity contribution in [3.05, 3.63) is 184 Å². The van der Waals surface area contributed by atoms with Crippen molar-refractivity contribution in [3.63, 3.8) is 0 Å². The quantitative estimate of drug-likeness (QED) is 0.0325. The molecule has 6 heterocycles. The summed E-state index contributed by atoms with van der Waals surface area (Å²) in [5.74, 6) is 0.837. The van der Waals surface area contributed by atoms with Gasteiger partial charge in [0.25, 0.3) is 3.25 Å². The molecule has 28 heteroatoms. The highest BCUT2D eigenvalue weighted by atomic mass is 80.0. The second-order valence-electron chi connectivity index (χ2n) is 27.3. The van der Waals surface area contributed by atoms with Crippen molar-refractivity contribution in [2.75, 3.05) is 20.8 Å². The lowest BCUT2D eigenvalue weighted by Gasteiger charge is -2.18. The smallest absolute Gasteiger partial charge is 0.268 e. The lowest BCUT2D eigenvalue weighted by atomic mass is 9.90. The molecule has 0 fully saturated rings. The molecule has 0 bridgehead atoms. The first-order valence-electron chi connectivity index (χ1n) is 30.5. The maximum absolute atomic E-state index is 11.3. The number of pyridine rings is 3. The molecular weight excluding hydrogens is 1640 g/mol. The third-order valence-corrected chi connectivity index (χ3v) is 14.3. The van der Waals surface area contributed by atoms with Gasteiger partial charge in [-0.1, -0.05) is 148 Å². The fourth-order valence-corrected chi connectivity index (χ4v) is 8.17. The topological polar surface area (TPSA) is 342 Å². The van der Waals surface area contributed by atoms with Crippen LogP contribution in [0.3, 0.4) is 0 Å². The Labute approximate surface area is 647 Å². The second kappa shape index (κ2) is 53.5. The minimum absolute atomic E-state index is 0. The molecule has 6 aromatic heterocycles. The zero-order valence-electron chi connectivity index (χ0n) is 63.0. The van der Waals surface area contributed by atoms with Crippen molar-refractivity contribution >= 4 is 128 Å². The van der Waals surface area contributed by atoms with Gasteiger partial charge in [0.05, 0.1) is 56.4 Å². The number of ether oxygens (including phenoxy) is 2. The SMILES string of the molecule is C.CC(=O)Cc1nc(C)c(-c2ccnc(C(C)(C)C)c2)s1.CC(=O)Cc1nc(C)cs1.CC(C)(C)C(=O)Cl.CC(C)(C)c1cc(=O)cc[nH]1.CC(C)(C)c1cc(=O)cco1.CC(C)(C)c1cc(Br)ccn1.CCO.CO/C=C/C(C)=O.CO/C=C/C(O)=CC(=O)C(C)(C)C.N.O.O=P(Br)(Br)Br. The van der Waals surface area contributed by atoms with E-state index in [1.54, 1.807) is 97.3 Å². The minimum Gasteiger partial charge on any atom is -0.508 e. The van der Waals surface area contributed by atoms with E-state index in [1.807, 2.05) is 64.5 Å². The summed E-state index contributed by atoms with van der Waals surface area (Å²) < 4.78 is 23.1. The molecule has 20 nitrogen and oxygen atoms in total. The number of carbonyl (C=O) groups excluding carboxylic acids is 5. The summed E-state index contributed by atoms with van der Waals surface area (Å²) in [5, 5.41) is 20.2. The standard InChI is InChI=1S/C16H20N2OS.C10H16O3.C9H12BrN.C9H13NO.C9H12O2.C7H9NOS.C5H9ClO.C5H8O2.C2H6O.CH4.Br3OP.H3N.H2O/c1-10(19)8-14-18-11(2)15(20-14)12-6-7-17-13(9-12)16(3,4)5;1-10(2,3)9(12)7-8(11)5-6-13-4;1-9(2,3)8-6-7(10)4-5-11-8;1-9(2,3)8-6-7(11)4-5-10-8;1-9(2,3)8-6-7(10)4-5-11-8;1-5-4-10-7(8-5)3-6(2)9;1-5(2,3)4(6)7;1-5(6)3-4-7-2;1-2-3;;1-5(2,3)4;;/h6-7,9H,8H2,1-5H3;5-7,11H,1-4H3;4-6H,1-3H3;4-6H,1-3H3,(H,10,11);4-6H,1-3H3;4H,3H2,1-2H3;1-3H3;3-4H,1-2H3;3H,2H2,1H3;1H4;;1H3;1H2/b;6-5+,8-7?;;;;;;4-3+;;;;;. The van der Waals surface area contributed by atoms with Gasteiger partial charge in [-0.15, -0.1) is 22.7 Å². The van der Waals surface area contributed by atoms with E-state index in [1.165, 1.54) is 76.4 Å². The predicted octanol–water partition coefficient (Wildman–Crippen LogP) is 20.3. The molecule has 0 atom stereocenters. The number of aromatic amines is 1. The Kier molecular flexibility index (Phi) is 57.8. The monoisotopic (exact) mass is 1740 g/mol. The summed E-state index contributed by atoms with van der Waals surface area (Å²) >= 11 is 20.0. The molecule has 0 aliphatic rings. The highest BCUT2D eigenvalue weighted by molar-refractivity contribution is 9.94. The molecule has 101 heavy (non-hydrogen) atoms. The van der Waals surface area contributed by atoms with Crippen molar-refractivity contribution in [1.29, 1.82) is 0 Å². The molecule has 0 saturated heterocycles. The van der Waals surface area contributed by atoms with Crippen molar-refractivity contribution in [2.24, 2.45) is 10.8 Å². The molecule has 0 radical (unpaired) electrons. The molecule has 0 saturated carbocycles. The van der Waals surface area contributed by atoms with Crippen molar-refractivity contribution in [1.82, 2.24) is 31.1 Å². The van der Waals surface area contributed by atoms with Crippen LogP contribution in [-0.4, -0.2) is 89.8 Å². The van der Waals surface area contributed by atoms with Crippen LogP contribution in [0, 0.1) is 24.7 Å². The van der Waals surface area contributed by atoms with E-state index in [0.717, 1.165) is 59.2 Å². The molecule has 572 valence electrons. The van der Waals surface area contributed by atoms with Gasteiger partial charge in [0, 0.05) is 179 Å². The normalized spacial score (nSPS) is 11.0. The van der Waals surface area contributed by atoms with Gasteiger partial charge in [-0.25, -0.2) is 9.97 Å². The van der Waals surface area contributed by atoms with Gasteiger partial charge >= 0.3 is 0 Å². The molecule has 0 aliphatic carbocycles. The largest absolute Gasteiger partial charge is 0.508 e. The predicted molar refractivity (Wildman–Crippen MR) is 435 cm³/mol. The Hall–Kier alpha value is -5.25. The Morgan fingerprint density at radius 3 is 1.46 bits per heavy atom. The van der Waals surface area contributed by atoms with Crippen molar-refractivity contribution < 1.29 is 58.1 Å². The number of methoxy groups -OCH3 is 2. The average Bonchev–Trinajstić information content (AvgIpc) is 1.73. The Morgan fingerprint density at radius 2 is 1.13 bits per heavy atom. The number of nitrogens with zero attached hydrogens (tertiary/aromatic N) is 4. The fourth-order valence-electron chi connectivity index (χ4n) is 5.86. The van der Waals surface area contributed by atoms with Gasteiger partial charge in [-0.2, -0.15) is 0 Å². The van der Waals surface area contributed by atoms with Crippen LogP contribution in [0.15, 0.2) is 134 Å². The highest BCUT2D eigenvalue weighted by Gasteiger charge is 2.21. The number of nitrogens with one attached hydrogen (secondary N) is 1. The van der Waals surface area contributed by atoms with Crippen LogP contribution in [-0.2, 0) is 72.5 Å². The minimum atomic E-state index is -2.20. The van der Waals surface area contributed by atoms with E-state index < -0.39 is 8.66 Å². The van der Waals surface area contributed by atoms with Gasteiger partial charge in [-0.05, 0) is 83.0 Å². The summed E-state index contributed by atoms with van der Waals surface area (Å²) in [6.07, 6.45) is 14.2. The zero-order valence-corrected chi connectivity index (χ0v) is 72.7. The molecule has 0 aliphatic heterocycles. The number of aromatic nitrogens is 5. The number of thiazole rings is 2. The van der Waals surface area contributed by atoms with Crippen LogP contribution in [0.2, 0.25) is 0 Å². The number of hydrogen-bond acceptors (Lipinski definition) is 20. The number of allylic oxidation sites excluding steroid dienone is 3. The number of H-pyrrole nitrogens is 1. The van der Waals surface area contributed by atoms with E-state index in [-0.39, 0.29) is 97.7 Å². The van der Waals surface area contributed by atoms with Crippen molar-refractivity contribution in [2.45, 2.75) is 208 Å². The lowest BCUT2D eigenvalue weighted by molar-refractivity contribution is -0.121. The number of Topliss-reactive ketones (excluding diaryl/α,β-unsaturated/α-hetero) is 2. The Balaban J connectivity index is -0.000000200. The second-order valence-corrected chi connectivity index (χ2v) is 49.0. The van der Waals surface area contributed by atoms with Crippen LogP contribution < -0.4 is 17.0 Å². The van der Waals surface area contributed by atoms with Crippen LogP contribution >= 0.6 is 99.9 Å². The van der Waals surface area contributed by atoms with E-state index in [0.29, 0.717) is 12.8 Å². The third-order valence-electron chi connectivity index (χ3n) is 11.0. The first kappa shape index (κ1) is 109. The highest BCUT2D eigenvalue weighted by Crippen LogP contribution is 2.68. The number of aliphatic hydroxyl groups excluding tert-OH is 2. The first-order valence-corrected chi connectivity index (χ1v) is 41.2. The molecule has 8 N–H and O–H groups in total. The zero-order chi connectivity index (χ0) is 77.4. The maximum atomic E-state index is 11.3. The first-order chi connectivity index (χ1) is 44.5. The van der Waals surface area contributed by atoms with Crippen LogP contribution in [0.1, 0.15) is 204 Å².